The van der Waals surface area contributed by atoms with E-state index in [0.717, 1.165) is 37.7 Å². The lowest BCUT2D eigenvalue weighted by molar-refractivity contribution is -0.151. The first-order valence-corrected chi connectivity index (χ1v) is 10.8. The number of ether oxygens (including phenoxy) is 1. The summed E-state index contributed by atoms with van der Waals surface area (Å²) < 4.78 is 5.56. The quantitative estimate of drug-likeness (QED) is 0.483. The molecule has 6 unspecified atom stereocenters. The number of esters is 1. The van der Waals surface area contributed by atoms with E-state index >= 15 is 0 Å². The van der Waals surface area contributed by atoms with Crippen LogP contribution in [0, 0.1) is 28.6 Å². The van der Waals surface area contributed by atoms with Crippen LogP contribution < -0.4 is 0 Å². The molecule has 4 aliphatic rings. The lowest BCUT2D eigenvalue weighted by Crippen LogP contribution is -2.48. The summed E-state index contributed by atoms with van der Waals surface area (Å²) in [5.74, 6) is 1.94. The van der Waals surface area contributed by atoms with Crippen molar-refractivity contribution in [3.8, 4) is 0 Å². The minimum atomic E-state index is -0.144. The fourth-order valence-corrected chi connectivity index (χ4v) is 7.48. The number of carbonyl (C=O) groups excluding carboxylic acids is 2. The van der Waals surface area contributed by atoms with Gasteiger partial charge in [-0.15, -0.1) is 0 Å². The van der Waals surface area contributed by atoms with E-state index in [1.54, 1.807) is 12.5 Å². The Morgan fingerprint density at radius 3 is 2.52 bits per heavy atom. The van der Waals surface area contributed by atoms with E-state index < -0.39 is 0 Å². The van der Waals surface area contributed by atoms with Crippen LogP contribution in [-0.4, -0.2) is 17.9 Å². The molecule has 0 amide bonds. The minimum Gasteiger partial charge on any atom is -0.463 e. The van der Waals surface area contributed by atoms with Gasteiger partial charge in [-0.2, -0.15) is 0 Å². The summed E-state index contributed by atoms with van der Waals surface area (Å²) in [7, 11) is 0. The maximum absolute atomic E-state index is 12.4. The molecule has 0 aromatic carbocycles. The molecule has 148 valence electrons. The molecule has 0 N–H and O–H groups in total. The molecular formula is C24H34O3. The molecule has 0 radical (unpaired) electrons. The number of allylic oxidation sites excluding steroid dienone is 4. The van der Waals surface area contributed by atoms with Gasteiger partial charge in [0.25, 0.3) is 0 Å². The topological polar surface area (TPSA) is 43.4 Å². The zero-order valence-electron chi connectivity index (χ0n) is 17.6. The van der Waals surface area contributed by atoms with Crippen LogP contribution in [0.4, 0.5) is 0 Å². The minimum absolute atomic E-state index is 0.0300. The standard InChI is InChI=1S/C24H34O3/c1-14-12-21-19-7-6-17-13-18(27-16(3)26)8-10-23(17,4)20(19)9-11-24(21,5)22(14)15(2)25/h9,17-19,21H,6-8,10-13H2,1-5H3. The Kier molecular flexibility index (Phi) is 4.44. The van der Waals surface area contributed by atoms with Gasteiger partial charge in [-0.1, -0.05) is 31.1 Å². The number of ketones is 1. The normalized spacial score (nSPS) is 43.4. The molecule has 4 rings (SSSR count). The molecule has 0 aromatic heterocycles. The number of hydrogen-bond donors (Lipinski definition) is 0. The van der Waals surface area contributed by atoms with Crippen molar-refractivity contribution in [3.05, 3.63) is 22.8 Å². The van der Waals surface area contributed by atoms with Crippen LogP contribution >= 0.6 is 0 Å². The summed E-state index contributed by atoms with van der Waals surface area (Å²) in [5, 5.41) is 0. The summed E-state index contributed by atoms with van der Waals surface area (Å²) >= 11 is 0. The molecule has 3 heteroatoms. The lowest BCUT2D eigenvalue weighted by atomic mass is 9.48. The summed E-state index contributed by atoms with van der Waals surface area (Å²) in [6, 6.07) is 0. The van der Waals surface area contributed by atoms with Crippen LogP contribution in [0.1, 0.15) is 79.6 Å². The highest BCUT2D eigenvalue weighted by Crippen LogP contribution is 2.65. The highest BCUT2D eigenvalue weighted by Gasteiger charge is 2.56. The zero-order valence-corrected chi connectivity index (χ0v) is 17.6. The summed E-state index contributed by atoms with van der Waals surface area (Å²) in [5.41, 5.74) is 4.39. The molecule has 0 bridgehead atoms. The Hall–Kier alpha value is -1.38. The van der Waals surface area contributed by atoms with E-state index in [0.29, 0.717) is 17.8 Å². The molecule has 2 fully saturated rings. The maximum atomic E-state index is 12.4. The number of carbonyl (C=O) groups is 2. The summed E-state index contributed by atoms with van der Waals surface area (Å²) in [4.78, 5) is 23.8. The van der Waals surface area contributed by atoms with Gasteiger partial charge < -0.3 is 4.74 Å². The second kappa shape index (κ2) is 6.32. The summed E-state index contributed by atoms with van der Waals surface area (Å²) in [6.45, 7) is 10.3. The molecule has 0 saturated heterocycles. The Labute approximate surface area is 163 Å². The Bertz CT molecular complexity index is 745. The van der Waals surface area contributed by atoms with Crippen LogP contribution in [0.3, 0.4) is 0 Å². The molecule has 0 aromatic rings. The van der Waals surface area contributed by atoms with Gasteiger partial charge in [0.05, 0.1) is 0 Å². The molecule has 4 aliphatic carbocycles. The molecule has 0 aliphatic heterocycles. The molecule has 6 atom stereocenters. The second-order valence-electron chi connectivity index (χ2n) is 10.1. The first-order chi connectivity index (χ1) is 12.7. The first-order valence-electron chi connectivity index (χ1n) is 10.8. The fraction of sp³-hybridized carbons (Fsp3) is 0.750. The molecule has 27 heavy (non-hydrogen) atoms. The SMILES string of the molecule is CC(=O)OC1CCC2(C)C3=CCC4(C)C(C(C)=O)=C(C)CC4C3CCC2C1. The van der Waals surface area contributed by atoms with Gasteiger partial charge in [-0.3, -0.25) is 9.59 Å². The van der Waals surface area contributed by atoms with Gasteiger partial charge in [-0.05, 0) is 82.0 Å². The summed E-state index contributed by atoms with van der Waals surface area (Å²) in [6.07, 6.45) is 10.3. The Balaban J connectivity index is 1.62. The highest BCUT2D eigenvalue weighted by atomic mass is 16.5. The largest absolute Gasteiger partial charge is 0.463 e. The third kappa shape index (κ3) is 2.76. The van der Waals surface area contributed by atoms with Crippen LogP contribution in [0.15, 0.2) is 22.8 Å². The molecule has 0 spiro atoms. The van der Waals surface area contributed by atoms with Crippen molar-refractivity contribution in [2.75, 3.05) is 0 Å². The number of fused-ring (bicyclic) bond motifs is 5. The lowest BCUT2D eigenvalue weighted by Gasteiger charge is -2.56. The molecule has 0 heterocycles. The number of hydrogen-bond acceptors (Lipinski definition) is 3. The van der Waals surface area contributed by atoms with Gasteiger partial charge in [0.15, 0.2) is 5.78 Å². The monoisotopic (exact) mass is 370 g/mol. The molecule has 2 saturated carbocycles. The second-order valence-corrected chi connectivity index (χ2v) is 10.1. The number of Topliss-reactive ketones (excluding diaryl/α,β-unsaturated/α-hetero) is 1. The van der Waals surface area contributed by atoms with Crippen molar-refractivity contribution < 1.29 is 14.3 Å². The van der Waals surface area contributed by atoms with Crippen molar-refractivity contribution in [3.63, 3.8) is 0 Å². The Morgan fingerprint density at radius 1 is 1.11 bits per heavy atom. The van der Waals surface area contributed by atoms with E-state index in [1.807, 2.05) is 0 Å². The average Bonchev–Trinajstić information content (AvgIpc) is 2.85. The predicted octanol–water partition coefficient (Wildman–Crippen LogP) is 5.40. The molecule has 3 nitrogen and oxygen atoms in total. The van der Waals surface area contributed by atoms with Gasteiger partial charge in [-0.25, -0.2) is 0 Å². The highest BCUT2D eigenvalue weighted by molar-refractivity contribution is 5.96. The number of rotatable bonds is 2. The smallest absolute Gasteiger partial charge is 0.302 e. The van der Waals surface area contributed by atoms with Gasteiger partial charge >= 0.3 is 5.97 Å². The predicted molar refractivity (Wildman–Crippen MR) is 106 cm³/mol. The molecular weight excluding hydrogens is 336 g/mol. The van der Waals surface area contributed by atoms with Crippen LogP contribution in [-0.2, 0) is 14.3 Å². The third-order valence-corrected chi connectivity index (χ3v) is 8.58. The van der Waals surface area contributed by atoms with Crippen molar-refractivity contribution in [2.45, 2.75) is 85.7 Å². The average molecular weight is 371 g/mol. The maximum Gasteiger partial charge on any atom is 0.302 e. The van der Waals surface area contributed by atoms with Crippen LogP contribution in [0.2, 0.25) is 0 Å². The van der Waals surface area contributed by atoms with Gasteiger partial charge in [0.2, 0.25) is 0 Å². The zero-order chi connectivity index (χ0) is 19.6. The van der Waals surface area contributed by atoms with Crippen molar-refractivity contribution in [1.29, 1.82) is 0 Å². The van der Waals surface area contributed by atoms with E-state index in [4.69, 9.17) is 4.74 Å². The van der Waals surface area contributed by atoms with E-state index in [2.05, 4.69) is 26.8 Å². The van der Waals surface area contributed by atoms with Crippen LogP contribution in [0.25, 0.3) is 0 Å². The fourth-order valence-electron chi connectivity index (χ4n) is 7.48. The van der Waals surface area contributed by atoms with Crippen molar-refractivity contribution in [2.24, 2.45) is 28.6 Å². The first kappa shape index (κ1) is 19.0. The Morgan fingerprint density at radius 2 is 1.85 bits per heavy atom. The van der Waals surface area contributed by atoms with Crippen LogP contribution in [0.5, 0.6) is 0 Å². The van der Waals surface area contributed by atoms with Crippen molar-refractivity contribution in [1.82, 2.24) is 0 Å². The third-order valence-electron chi connectivity index (χ3n) is 8.58. The van der Waals surface area contributed by atoms with Gasteiger partial charge in [0, 0.05) is 17.9 Å². The van der Waals surface area contributed by atoms with E-state index in [9.17, 15) is 9.59 Å². The van der Waals surface area contributed by atoms with E-state index in [1.165, 1.54) is 25.3 Å². The van der Waals surface area contributed by atoms with Gasteiger partial charge in [0.1, 0.15) is 6.10 Å². The van der Waals surface area contributed by atoms with Crippen molar-refractivity contribution >= 4 is 11.8 Å². The van der Waals surface area contributed by atoms with E-state index in [-0.39, 0.29) is 28.7 Å².